The molecule has 3 N–H and O–H groups in total. The minimum Gasteiger partial charge on any atom is -0.370 e. The van der Waals surface area contributed by atoms with Crippen molar-refractivity contribution in [2.75, 3.05) is 20.1 Å². The lowest BCUT2D eigenvalue weighted by molar-refractivity contribution is -0.156. The van der Waals surface area contributed by atoms with Crippen LogP contribution in [0.15, 0.2) is 42.5 Å². The second-order valence-electron chi connectivity index (χ2n) is 8.84. The molecule has 2 atom stereocenters. The van der Waals surface area contributed by atoms with E-state index in [1.807, 2.05) is 0 Å². The summed E-state index contributed by atoms with van der Waals surface area (Å²) in [5.41, 5.74) is 6.75. The Balaban J connectivity index is 1.81. The molecular weight excluding hydrogens is 522 g/mol. The van der Waals surface area contributed by atoms with Gasteiger partial charge in [-0.2, -0.15) is 0 Å². The van der Waals surface area contributed by atoms with Crippen molar-refractivity contribution in [2.45, 2.75) is 44.2 Å². The Bertz CT molecular complexity index is 1160. The number of carbonyl (C=O) groups excluding carboxylic acids is 4. The number of amides is 4. The number of carbonyl (C=O) groups is 4. The molecule has 2 aromatic rings. The lowest BCUT2D eigenvalue weighted by atomic mass is 9.98. The molecule has 0 aromatic heterocycles. The van der Waals surface area contributed by atoms with Crippen LogP contribution in [0.25, 0.3) is 0 Å². The fourth-order valence-electron chi connectivity index (χ4n) is 4.42. The molecule has 3 rings (SSSR count). The highest BCUT2D eigenvalue weighted by Gasteiger charge is 2.41. The lowest BCUT2D eigenvalue weighted by Crippen LogP contribution is -2.63. The highest BCUT2D eigenvalue weighted by atomic mass is 35.5. The molecular formula is C26H29Cl2FN4O4. The van der Waals surface area contributed by atoms with Gasteiger partial charge in [0.2, 0.25) is 23.6 Å². The Kier molecular flexibility index (Phi) is 9.88. The predicted molar refractivity (Wildman–Crippen MR) is 138 cm³/mol. The van der Waals surface area contributed by atoms with Gasteiger partial charge < -0.3 is 20.9 Å². The second-order valence-corrected chi connectivity index (χ2v) is 9.68. The number of nitrogens with zero attached hydrogens (tertiary/aromatic N) is 2. The number of aryl methyl sites for hydroxylation is 1. The highest BCUT2D eigenvalue weighted by Crippen LogP contribution is 2.26. The van der Waals surface area contributed by atoms with Crippen LogP contribution in [-0.4, -0.2) is 65.6 Å². The molecule has 11 heteroatoms. The molecule has 2 aromatic carbocycles. The molecule has 1 aliphatic rings. The van der Waals surface area contributed by atoms with Gasteiger partial charge in [-0.3, -0.25) is 19.2 Å². The van der Waals surface area contributed by atoms with Crippen molar-refractivity contribution in [3.05, 3.63) is 69.5 Å². The third-order valence-corrected chi connectivity index (χ3v) is 6.99. The van der Waals surface area contributed by atoms with Crippen molar-refractivity contribution in [3.63, 3.8) is 0 Å². The van der Waals surface area contributed by atoms with E-state index in [1.165, 1.54) is 29.0 Å². The number of likely N-dealkylation sites (N-methyl/N-ethyl adjacent to an activating group) is 1. The van der Waals surface area contributed by atoms with Crippen LogP contribution in [0.3, 0.4) is 0 Å². The van der Waals surface area contributed by atoms with E-state index < -0.39 is 23.9 Å². The van der Waals surface area contributed by atoms with Gasteiger partial charge in [-0.15, -0.1) is 0 Å². The summed E-state index contributed by atoms with van der Waals surface area (Å²) in [6, 6.07) is 8.93. The second kappa shape index (κ2) is 12.9. The van der Waals surface area contributed by atoms with Crippen LogP contribution in [0.4, 0.5) is 4.39 Å². The van der Waals surface area contributed by atoms with Crippen LogP contribution >= 0.6 is 23.2 Å². The maximum absolute atomic E-state index is 13.7. The zero-order chi connectivity index (χ0) is 27.1. The fourth-order valence-corrected chi connectivity index (χ4v) is 4.91. The van der Waals surface area contributed by atoms with Crippen LogP contribution < -0.4 is 11.1 Å². The monoisotopic (exact) mass is 550 g/mol. The summed E-state index contributed by atoms with van der Waals surface area (Å²) in [4.78, 5) is 54.0. The largest absolute Gasteiger partial charge is 0.370 e. The van der Waals surface area contributed by atoms with E-state index in [-0.39, 0.29) is 56.4 Å². The Morgan fingerprint density at radius 1 is 1.11 bits per heavy atom. The van der Waals surface area contributed by atoms with E-state index in [1.54, 1.807) is 30.3 Å². The summed E-state index contributed by atoms with van der Waals surface area (Å²) >= 11 is 12.3. The number of hydrogen-bond donors (Lipinski definition) is 2. The summed E-state index contributed by atoms with van der Waals surface area (Å²) in [6.07, 6.45) is 0.550. The van der Waals surface area contributed by atoms with E-state index in [9.17, 15) is 23.6 Å². The summed E-state index contributed by atoms with van der Waals surface area (Å²) in [7, 11) is 1.48. The van der Waals surface area contributed by atoms with E-state index >= 15 is 0 Å². The molecule has 4 amide bonds. The maximum Gasteiger partial charge on any atom is 0.246 e. The first kappa shape index (κ1) is 28.4. The van der Waals surface area contributed by atoms with Crippen molar-refractivity contribution < 1.29 is 23.6 Å². The molecule has 1 heterocycles. The molecule has 1 saturated heterocycles. The Morgan fingerprint density at radius 2 is 1.81 bits per heavy atom. The number of benzene rings is 2. The van der Waals surface area contributed by atoms with Gasteiger partial charge >= 0.3 is 0 Å². The zero-order valence-corrected chi connectivity index (χ0v) is 21.9. The van der Waals surface area contributed by atoms with Gasteiger partial charge in [-0.1, -0.05) is 41.4 Å². The molecule has 198 valence electrons. The minimum atomic E-state index is -0.949. The van der Waals surface area contributed by atoms with Crippen molar-refractivity contribution in [2.24, 2.45) is 5.73 Å². The summed E-state index contributed by atoms with van der Waals surface area (Å²) < 4.78 is 13.2. The maximum atomic E-state index is 13.7. The number of rotatable bonds is 10. The number of primary amides is 1. The molecule has 0 saturated carbocycles. The van der Waals surface area contributed by atoms with Crippen molar-refractivity contribution in [1.82, 2.24) is 15.1 Å². The summed E-state index contributed by atoms with van der Waals surface area (Å²) in [6.45, 7) is 0.302. The lowest BCUT2D eigenvalue weighted by Gasteiger charge is -2.43. The van der Waals surface area contributed by atoms with Crippen LogP contribution in [-0.2, 0) is 32.0 Å². The van der Waals surface area contributed by atoms with Crippen molar-refractivity contribution >= 4 is 46.8 Å². The molecule has 1 fully saturated rings. The van der Waals surface area contributed by atoms with Gasteiger partial charge in [-0.05, 0) is 48.2 Å². The molecule has 0 bridgehead atoms. The fraction of sp³-hybridized carbons (Fsp3) is 0.385. The van der Waals surface area contributed by atoms with Crippen LogP contribution in [0.5, 0.6) is 0 Å². The first-order valence-electron chi connectivity index (χ1n) is 11.9. The van der Waals surface area contributed by atoms with Gasteiger partial charge in [0.05, 0.1) is 0 Å². The topological polar surface area (TPSA) is 113 Å². The van der Waals surface area contributed by atoms with Crippen LogP contribution in [0.2, 0.25) is 10.0 Å². The molecule has 0 spiro atoms. The molecule has 0 aliphatic carbocycles. The van der Waals surface area contributed by atoms with Crippen LogP contribution in [0, 0.1) is 5.82 Å². The molecule has 8 nitrogen and oxygen atoms in total. The number of nitrogens with one attached hydrogen (secondary N) is 1. The first-order chi connectivity index (χ1) is 17.6. The number of halogens is 3. The van der Waals surface area contributed by atoms with Crippen molar-refractivity contribution in [3.8, 4) is 0 Å². The van der Waals surface area contributed by atoms with E-state index in [4.69, 9.17) is 28.9 Å². The van der Waals surface area contributed by atoms with Gasteiger partial charge in [-0.25, -0.2) is 4.39 Å². The quantitative estimate of drug-likeness (QED) is 0.473. The number of nitrogens with two attached hydrogens (primary N) is 1. The summed E-state index contributed by atoms with van der Waals surface area (Å²) in [5, 5.41) is 3.41. The number of hydrogen-bond acceptors (Lipinski definition) is 4. The first-order valence-corrected chi connectivity index (χ1v) is 12.6. The highest BCUT2D eigenvalue weighted by molar-refractivity contribution is 6.35. The Morgan fingerprint density at radius 3 is 2.43 bits per heavy atom. The smallest absolute Gasteiger partial charge is 0.246 e. The standard InChI is InChI=1S/C26H29Cl2FN4O4/c1-31-25(36)22(14-17-5-6-18(27)15-20(17)28)33-13-12-32(21(26(33)37)9-10-23(30)34)24(35)11-4-16-2-7-19(29)8-3-16/h2-3,5-8,15,21-22H,4,9-14H2,1H3,(H2,30,34)(H,31,36). The third kappa shape index (κ3) is 7.42. The predicted octanol–water partition coefficient (Wildman–Crippen LogP) is 2.73. The minimum absolute atomic E-state index is 0.0368. The average Bonchev–Trinajstić information content (AvgIpc) is 2.86. The van der Waals surface area contributed by atoms with Crippen molar-refractivity contribution in [1.29, 1.82) is 0 Å². The van der Waals surface area contributed by atoms with Gasteiger partial charge in [0.1, 0.15) is 17.9 Å². The Labute approximate surface area is 224 Å². The van der Waals surface area contributed by atoms with Gasteiger partial charge in [0.15, 0.2) is 0 Å². The van der Waals surface area contributed by atoms with Gasteiger partial charge in [0, 0.05) is 49.4 Å². The van der Waals surface area contributed by atoms with Gasteiger partial charge in [0.25, 0.3) is 0 Å². The van der Waals surface area contributed by atoms with Crippen LogP contribution in [0.1, 0.15) is 30.4 Å². The zero-order valence-electron chi connectivity index (χ0n) is 20.4. The summed E-state index contributed by atoms with van der Waals surface area (Å²) in [5.74, 6) is -2.07. The molecule has 2 unspecified atom stereocenters. The Hall–Kier alpha value is -3.17. The SMILES string of the molecule is CNC(=O)C(Cc1ccc(Cl)cc1Cl)N1CCN(C(=O)CCc2ccc(F)cc2)C(CCC(N)=O)C1=O. The third-order valence-electron chi connectivity index (χ3n) is 6.41. The number of piperazine rings is 1. The molecule has 0 radical (unpaired) electrons. The van der Waals surface area contributed by atoms with E-state index in [0.29, 0.717) is 22.0 Å². The average molecular weight is 551 g/mol. The normalized spacial score (nSPS) is 16.4. The molecule has 37 heavy (non-hydrogen) atoms. The van der Waals surface area contributed by atoms with E-state index in [0.717, 1.165) is 5.56 Å². The van der Waals surface area contributed by atoms with E-state index in [2.05, 4.69) is 5.32 Å². The molecule has 1 aliphatic heterocycles.